The predicted molar refractivity (Wildman–Crippen MR) is 69.5 cm³/mol. The van der Waals surface area contributed by atoms with Gasteiger partial charge in [-0.25, -0.2) is 4.98 Å². The Morgan fingerprint density at radius 3 is 2.78 bits per heavy atom. The largest absolute Gasteiger partial charge is 0.452 e. The summed E-state index contributed by atoms with van der Waals surface area (Å²) in [4.78, 5) is 19.3. The number of carbonyl (C=O) groups is 1. The van der Waals surface area contributed by atoms with Crippen molar-refractivity contribution in [3.8, 4) is 11.5 Å². The molecule has 5 nitrogen and oxygen atoms in total. The first-order valence-electron chi connectivity index (χ1n) is 5.13. The number of nitrogens with zero attached hydrogens (tertiary/aromatic N) is 2. The van der Waals surface area contributed by atoms with E-state index < -0.39 is 5.91 Å². The highest BCUT2D eigenvalue weighted by molar-refractivity contribution is 9.10. The van der Waals surface area contributed by atoms with Gasteiger partial charge in [-0.3, -0.25) is 9.78 Å². The molecule has 6 heteroatoms. The molecule has 0 fully saturated rings. The van der Waals surface area contributed by atoms with Gasteiger partial charge in [0, 0.05) is 12.4 Å². The third-order valence-corrected chi connectivity index (χ3v) is 2.88. The Bertz CT molecular complexity index is 602. The zero-order chi connectivity index (χ0) is 13.1. The minimum Gasteiger partial charge on any atom is -0.452 e. The molecule has 0 spiro atoms. The van der Waals surface area contributed by atoms with E-state index in [4.69, 9.17) is 10.5 Å². The lowest BCUT2D eigenvalue weighted by Crippen LogP contribution is -2.14. The predicted octanol–water partition coefficient (Wildman–Crippen LogP) is 2.44. The molecule has 2 aromatic rings. The Morgan fingerprint density at radius 2 is 2.11 bits per heavy atom. The molecule has 0 saturated carbocycles. The Labute approximate surface area is 112 Å². The number of aromatic nitrogens is 2. The molecule has 0 radical (unpaired) electrons. The van der Waals surface area contributed by atoms with E-state index in [1.165, 1.54) is 6.20 Å². The second-order valence-corrected chi connectivity index (χ2v) is 4.38. The van der Waals surface area contributed by atoms with Gasteiger partial charge in [0.05, 0.1) is 10.2 Å². The van der Waals surface area contributed by atoms with E-state index in [2.05, 4.69) is 25.9 Å². The van der Waals surface area contributed by atoms with Gasteiger partial charge < -0.3 is 10.5 Å². The summed E-state index contributed by atoms with van der Waals surface area (Å²) in [7, 11) is 0. The van der Waals surface area contributed by atoms with Crippen LogP contribution >= 0.6 is 15.9 Å². The standard InChI is InChI=1S/C12H10BrN3O2/c1-7-9(3-2-5-15-7)18-11-8(13)4-6-16-10(11)12(14)17/h2-6H,1H3,(H2,14,17). The zero-order valence-corrected chi connectivity index (χ0v) is 11.1. The Balaban J connectivity index is 2.46. The van der Waals surface area contributed by atoms with Crippen LogP contribution in [0.3, 0.4) is 0 Å². The van der Waals surface area contributed by atoms with Crippen LogP contribution in [0.5, 0.6) is 11.5 Å². The van der Waals surface area contributed by atoms with E-state index in [-0.39, 0.29) is 5.69 Å². The Morgan fingerprint density at radius 1 is 1.33 bits per heavy atom. The van der Waals surface area contributed by atoms with Gasteiger partial charge in [0.2, 0.25) is 0 Å². The third-order valence-electron chi connectivity index (χ3n) is 2.26. The first kappa shape index (κ1) is 12.5. The summed E-state index contributed by atoms with van der Waals surface area (Å²) in [6.45, 7) is 1.81. The van der Waals surface area contributed by atoms with Crippen molar-refractivity contribution < 1.29 is 9.53 Å². The molecule has 0 aliphatic rings. The molecule has 0 unspecified atom stereocenters. The second-order valence-electron chi connectivity index (χ2n) is 3.52. The fraction of sp³-hybridized carbons (Fsp3) is 0.0833. The molecule has 0 aromatic carbocycles. The van der Waals surface area contributed by atoms with Gasteiger partial charge in [-0.2, -0.15) is 0 Å². The molecule has 92 valence electrons. The molecule has 0 saturated heterocycles. The zero-order valence-electron chi connectivity index (χ0n) is 9.55. The quantitative estimate of drug-likeness (QED) is 0.944. The van der Waals surface area contributed by atoms with E-state index in [0.717, 1.165) is 0 Å². The van der Waals surface area contributed by atoms with Crippen LogP contribution in [0.15, 0.2) is 35.1 Å². The van der Waals surface area contributed by atoms with Gasteiger partial charge in [0.1, 0.15) is 5.75 Å². The number of aryl methyl sites for hydroxylation is 1. The molecule has 0 bridgehead atoms. The van der Waals surface area contributed by atoms with Crippen LogP contribution in [-0.2, 0) is 0 Å². The number of hydrogen-bond donors (Lipinski definition) is 1. The monoisotopic (exact) mass is 307 g/mol. The number of rotatable bonds is 3. The van der Waals surface area contributed by atoms with E-state index in [0.29, 0.717) is 21.7 Å². The molecular weight excluding hydrogens is 298 g/mol. The Kier molecular flexibility index (Phi) is 3.57. The van der Waals surface area contributed by atoms with Crippen LogP contribution in [0.1, 0.15) is 16.2 Å². The second kappa shape index (κ2) is 5.14. The number of pyridine rings is 2. The first-order valence-corrected chi connectivity index (χ1v) is 5.92. The van der Waals surface area contributed by atoms with Gasteiger partial charge in [-0.1, -0.05) is 0 Å². The minimum absolute atomic E-state index is 0.0765. The van der Waals surface area contributed by atoms with Crippen LogP contribution in [0.2, 0.25) is 0 Å². The van der Waals surface area contributed by atoms with Crippen LogP contribution in [0.4, 0.5) is 0 Å². The van der Waals surface area contributed by atoms with E-state index in [9.17, 15) is 4.79 Å². The molecule has 0 aliphatic carbocycles. The summed E-state index contributed by atoms with van der Waals surface area (Å²) in [5.41, 5.74) is 6.05. The fourth-order valence-corrected chi connectivity index (χ4v) is 1.77. The minimum atomic E-state index is -0.646. The number of ether oxygens (including phenoxy) is 1. The van der Waals surface area contributed by atoms with Crippen molar-refractivity contribution in [1.29, 1.82) is 0 Å². The fourth-order valence-electron chi connectivity index (χ4n) is 1.38. The number of nitrogens with two attached hydrogens (primary N) is 1. The smallest absolute Gasteiger partial charge is 0.271 e. The van der Waals surface area contributed by atoms with Gasteiger partial charge in [0.15, 0.2) is 11.4 Å². The van der Waals surface area contributed by atoms with Crippen LogP contribution < -0.4 is 10.5 Å². The maximum Gasteiger partial charge on any atom is 0.271 e. The number of hydrogen-bond acceptors (Lipinski definition) is 4. The number of carbonyl (C=O) groups excluding carboxylic acids is 1. The molecule has 18 heavy (non-hydrogen) atoms. The van der Waals surface area contributed by atoms with Gasteiger partial charge in [0.25, 0.3) is 5.91 Å². The molecule has 2 rings (SSSR count). The first-order chi connectivity index (χ1) is 8.59. The number of primary amides is 1. The summed E-state index contributed by atoms with van der Waals surface area (Å²) in [6.07, 6.45) is 3.14. The third kappa shape index (κ3) is 2.48. The van der Waals surface area contributed by atoms with Crippen LogP contribution in [-0.4, -0.2) is 15.9 Å². The summed E-state index contributed by atoms with van der Waals surface area (Å²) in [5.74, 6) is 0.197. The summed E-state index contributed by atoms with van der Waals surface area (Å²) < 4.78 is 6.27. The average Bonchev–Trinajstić information content (AvgIpc) is 2.34. The molecular formula is C12H10BrN3O2. The molecule has 1 amide bonds. The Hall–Kier alpha value is -1.95. The maximum atomic E-state index is 11.3. The summed E-state index contributed by atoms with van der Waals surface area (Å²) >= 11 is 3.30. The van der Waals surface area contributed by atoms with E-state index in [1.54, 1.807) is 24.4 Å². The summed E-state index contributed by atoms with van der Waals surface area (Å²) in [6, 6.07) is 5.18. The van der Waals surface area contributed by atoms with Crippen molar-refractivity contribution in [3.05, 3.63) is 46.5 Å². The maximum absolute atomic E-state index is 11.3. The normalized spacial score (nSPS) is 10.1. The molecule has 2 heterocycles. The highest BCUT2D eigenvalue weighted by atomic mass is 79.9. The average molecular weight is 308 g/mol. The van der Waals surface area contributed by atoms with Crippen molar-refractivity contribution in [2.45, 2.75) is 6.92 Å². The molecule has 2 N–H and O–H groups in total. The lowest BCUT2D eigenvalue weighted by atomic mass is 10.3. The highest BCUT2D eigenvalue weighted by Crippen LogP contribution is 2.32. The van der Waals surface area contributed by atoms with Crippen molar-refractivity contribution in [2.24, 2.45) is 5.73 Å². The van der Waals surface area contributed by atoms with E-state index in [1.807, 2.05) is 6.92 Å². The van der Waals surface area contributed by atoms with Crippen LogP contribution in [0, 0.1) is 6.92 Å². The highest BCUT2D eigenvalue weighted by Gasteiger charge is 2.16. The number of halogens is 1. The van der Waals surface area contributed by atoms with Crippen LogP contribution in [0.25, 0.3) is 0 Å². The topological polar surface area (TPSA) is 78.1 Å². The van der Waals surface area contributed by atoms with Gasteiger partial charge in [-0.15, -0.1) is 0 Å². The lowest BCUT2D eigenvalue weighted by molar-refractivity contribution is 0.0993. The van der Waals surface area contributed by atoms with E-state index >= 15 is 0 Å². The molecule has 2 aromatic heterocycles. The van der Waals surface area contributed by atoms with Crippen molar-refractivity contribution in [1.82, 2.24) is 9.97 Å². The van der Waals surface area contributed by atoms with Crippen molar-refractivity contribution >= 4 is 21.8 Å². The van der Waals surface area contributed by atoms with Gasteiger partial charge in [-0.05, 0) is 41.1 Å². The summed E-state index contributed by atoms with van der Waals surface area (Å²) in [5, 5.41) is 0. The SMILES string of the molecule is Cc1ncccc1Oc1c(Br)ccnc1C(N)=O. The van der Waals surface area contributed by atoms with Crippen molar-refractivity contribution in [3.63, 3.8) is 0 Å². The lowest BCUT2D eigenvalue weighted by Gasteiger charge is -2.11. The van der Waals surface area contributed by atoms with Crippen molar-refractivity contribution in [2.75, 3.05) is 0 Å². The number of amides is 1. The van der Waals surface area contributed by atoms with Gasteiger partial charge >= 0.3 is 0 Å². The molecule has 0 atom stereocenters. The molecule has 0 aliphatic heterocycles.